The number of esters is 1. The fraction of sp³-hybridized carbons (Fsp3) is 0.875. The van der Waals surface area contributed by atoms with E-state index < -0.39 is 8.26 Å². The van der Waals surface area contributed by atoms with Crippen molar-refractivity contribution in [3.63, 3.8) is 0 Å². The van der Waals surface area contributed by atoms with Crippen LogP contribution in [0.2, 0.25) is 0 Å². The molecule has 0 aromatic heterocycles. The van der Waals surface area contributed by atoms with Crippen LogP contribution in [-0.4, -0.2) is 14.2 Å². The zero-order valence-corrected chi connectivity index (χ0v) is 12.4. The Bertz CT molecular complexity index is 250. The van der Waals surface area contributed by atoms with E-state index in [1.54, 1.807) is 0 Å². The highest BCUT2D eigenvalue weighted by atomic mass is 79.9. The molecule has 0 bridgehead atoms. The van der Waals surface area contributed by atoms with Gasteiger partial charge in [0.25, 0.3) is 0 Å². The Balaban J connectivity index is 2.43. The van der Waals surface area contributed by atoms with Crippen molar-refractivity contribution >= 4 is 61.0 Å². The topological polar surface area (TPSA) is 26.3 Å². The van der Waals surface area contributed by atoms with Crippen molar-refractivity contribution in [1.82, 2.24) is 0 Å². The van der Waals surface area contributed by atoms with Crippen molar-refractivity contribution < 1.29 is 9.53 Å². The Kier molecular flexibility index (Phi) is 3.84. The molecule has 0 aliphatic heterocycles. The number of ether oxygens (including phenoxy) is 1. The van der Waals surface area contributed by atoms with E-state index in [1.165, 1.54) is 0 Å². The summed E-state index contributed by atoms with van der Waals surface area (Å²) in [5.74, 6) is -0.298. The van der Waals surface area contributed by atoms with E-state index in [4.69, 9.17) is 27.9 Å². The van der Waals surface area contributed by atoms with Gasteiger partial charge in [-0.05, 0) is 43.7 Å². The molecule has 1 aliphatic carbocycles. The molecule has 82 valence electrons. The Morgan fingerprint density at radius 1 is 1.64 bits per heavy atom. The van der Waals surface area contributed by atoms with Gasteiger partial charge in [0.15, 0.2) is 5.01 Å². The second-order valence-corrected chi connectivity index (χ2v) is 8.42. The summed E-state index contributed by atoms with van der Waals surface area (Å²) in [5.41, 5.74) is 0.0530. The molecule has 0 spiro atoms. The van der Waals surface area contributed by atoms with Gasteiger partial charge in [-0.25, -0.2) is 0 Å². The van der Waals surface area contributed by atoms with Crippen molar-refractivity contribution in [3.8, 4) is 0 Å². The van der Waals surface area contributed by atoms with E-state index in [-0.39, 0.29) is 17.3 Å². The third-order valence-corrected chi connectivity index (χ3v) is 5.10. The summed E-state index contributed by atoms with van der Waals surface area (Å²) >= 11 is 17.4. The van der Waals surface area contributed by atoms with Crippen LogP contribution in [-0.2, 0) is 9.53 Å². The summed E-state index contributed by atoms with van der Waals surface area (Å²) in [7, 11) is 0. The summed E-state index contributed by atoms with van der Waals surface area (Å²) in [6.07, 6.45) is 0.853. The Hall–Kier alpha value is 1.01. The van der Waals surface area contributed by atoms with Crippen LogP contribution in [0.5, 0.6) is 0 Å². The standard InChI is InChI=1S/C8H10Br2Cl2O2/c1-7(2)3-4(7)5(13)14-6(9)8(10,11)12/h4,6H,3H2,1-2H3/t4-,6?/m0/s1. The van der Waals surface area contributed by atoms with Crippen molar-refractivity contribution in [3.05, 3.63) is 0 Å². The van der Waals surface area contributed by atoms with Crippen LogP contribution < -0.4 is 0 Å². The van der Waals surface area contributed by atoms with Gasteiger partial charge in [0, 0.05) is 0 Å². The minimum atomic E-state index is -1.29. The second-order valence-electron chi connectivity index (χ2n) is 4.04. The fourth-order valence-electron chi connectivity index (χ4n) is 1.12. The minimum absolute atomic E-state index is 0.0364. The third kappa shape index (κ3) is 3.26. The molecule has 1 saturated carbocycles. The van der Waals surface area contributed by atoms with Crippen LogP contribution >= 0.6 is 55.1 Å². The molecule has 0 amide bonds. The SMILES string of the molecule is CC1(C)C[C@H]1C(=O)OC(Br)C(Cl)(Cl)Br. The van der Waals surface area contributed by atoms with E-state index in [0.717, 1.165) is 6.42 Å². The summed E-state index contributed by atoms with van der Waals surface area (Å²) in [5, 5.41) is -0.748. The summed E-state index contributed by atoms with van der Waals surface area (Å²) in [4.78, 5) is 11.5. The molecule has 0 aromatic rings. The van der Waals surface area contributed by atoms with Crippen LogP contribution in [0, 0.1) is 11.3 Å². The van der Waals surface area contributed by atoms with Crippen LogP contribution in [0.3, 0.4) is 0 Å². The number of hydrogen-bond donors (Lipinski definition) is 0. The predicted octanol–water partition coefficient (Wildman–Crippen LogP) is 3.82. The number of alkyl halides is 4. The highest BCUT2D eigenvalue weighted by molar-refractivity contribution is 9.13. The lowest BCUT2D eigenvalue weighted by atomic mass is 10.1. The van der Waals surface area contributed by atoms with Gasteiger partial charge in [-0.1, -0.05) is 37.0 Å². The molecule has 0 heterocycles. The highest BCUT2D eigenvalue weighted by Crippen LogP contribution is 2.52. The van der Waals surface area contributed by atoms with Crippen molar-refractivity contribution in [2.75, 3.05) is 0 Å². The molecule has 2 nitrogen and oxygen atoms in total. The predicted molar refractivity (Wildman–Crippen MR) is 64.1 cm³/mol. The molecule has 2 atom stereocenters. The van der Waals surface area contributed by atoms with Crippen molar-refractivity contribution in [2.45, 2.75) is 28.5 Å². The lowest BCUT2D eigenvalue weighted by molar-refractivity contribution is -0.147. The van der Waals surface area contributed by atoms with Crippen LogP contribution in [0.25, 0.3) is 0 Å². The van der Waals surface area contributed by atoms with Crippen LogP contribution in [0.15, 0.2) is 0 Å². The van der Waals surface area contributed by atoms with E-state index in [9.17, 15) is 4.79 Å². The quantitative estimate of drug-likeness (QED) is 0.559. The van der Waals surface area contributed by atoms with Crippen LogP contribution in [0.1, 0.15) is 20.3 Å². The lowest BCUT2D eigenvalue weighted by Crippen LogP contribution is -2.26. The van der Waals surface area contributed by atoms with Gasteiger partial charge in [0.1, 0.15) is 0 Å². The van der Waals surface area contributed by atoms with Gasteiger partial charge in [-0.3, -0.25) is 4.79 Å². The molecule has 1 rings (SSSR count). The highest BCUT2D eigenvalue weighted by Gasteiger charge is 2.52. The van der Waals surface area contributed by atoms with Crippen molar-refractivity contribution in [1.29, 1.82) is 0 Å². The molecule has 1 unspecified atom stereocenters. The first-order chi connectivity index (χ1) is 6.14. The van der Waals surface area contributed by atoms with Crippen LogP contribution in [0.4, 0.5) is 0 Å². The maximum absolute atomic E-state index is 11.5. The molecule has 1 fully saturated rings. The van der Waals surface area contributed by atoms with E-state index >= 15 is 0 Å². The van der Waals surface area contributed by atoms with Gasteiger partial charge in [0.05, 0.1) is 5.92 Å². The van der Waals surface area contributed by atoms with Gasteiger partial charge >= 0.3 is 5.97 Å². The number of hydrogen-bond acceptors (Lipinski definition) is 2. The largest absolute Gasteiger partial charge is 0.446 e. The molecule has 6 heteroatoms. The Morgan fingerprint density at radius 2 is 2.07 bits per heavy atom. The van der Waals surface area contributed by atoms with E-state index in [2.05, 4.69) is 31.9 Å². The molecule has 0 aromatic carbocycles. The van der Waals surface area contributed by atoms with E-state index in [1.807, 2.05) is 13.8 Å². The first kappa shape index (κ1) is 13.1. The fourth-order valence-corrected chi connectivity index (χ4v) is 1.49. The molecule has 1 aliphatic rings. The zero-order valence-electron chi connectivity index (χ0n) is 7.69. The lowest BCUT2D eigenvalue weighted by Gasteiger charge is -2.19. The summed E-state index contributed by atoms with van der Waals surface area (Å²) in [6, 6.07) is 0. The van der Waals surface area contributed by atoms with Gasteiger partial charge in [-0.2, -0.15) is 0 Å². The normalized spacial score (nSPS) is 26.9. The molecular formula is C8H10Br2Cl2O2. The van der Waals surface area contributed by atoms with Gasteiger partial charge < -0.3 is 4.74 Å². The summed E-state index contributed by atoms with van der Waals surface area (Å²) in [6.45, 7) is 4.04. The Morgan fingerprint density at radius 3 is 2.36 bits per heavy atom. The number of halogens is 4. The molecule has 0 saturated heterocycles. The maximum atomic E-state index is 11.5. The average Bonchev–Trinajstić information content (AvgIpc) is 2.57. The first-order valence-corrected chi connectivity index (χ1v) is 6.52. The smallest absolute Gasteiger partial charge is 0.310 e. The van der Waals surface area contributed by atoms with E-state index in [0.29, 0.717) is 0 Å². The minimum Gasteiger partial charge on any atom is -0.446 e. The number of carbonyl (C=O) groups is 1. The number of carbonyl (C=O) groups excluding carboxylic acids is 1. The maximum Gasteiger partial charge on any atom is 0.310 e. The number of rotatable bonds is 3. The monoisotopic (exact) mass is 366 g/mol. The summed E-state index contributed by atoms with van der Waals surface area (Å²) < 4.78 is 3.75. The molecule has 0 N–H and O–H groups in total. The molecule has 0 radical (unpaired) electrons. The first-order valence-electron chi connectivity index (χ1n) is 4.06. The third-order valence-electron chi connectivity index (χ3n) is 2.27. The van der Waals surface area contributed by atoms with Gasteiger partial charge in [-0.15, -0.1) is 0 Å². The van der Waals surface area contributed by atoms with Gasteiger partial charge in [0.2, 0.25) is 3.24 Å². The van der Waals surface area contributed by atoms with Crippen molar-refractivity contribution in [2.24, 2.45) is 11.3 Å². The molecular weight excluding hydrogens is 359 g/mol. The zero-order chi connectivity index (χ0) is 11.1. The second kappa shape index (κ2) is 4.11. The molecule has 14 heavy (non-hydrogen) atoms. The Labute approximate surface area is 110 Å². The average molecular weight is 369 g/mol.